The Labute approximate surface area is 185 Å². The second kappa shape index (κ2) is 16.3. The maximum absolute atomic E-state index is 2.41. The van der Waals surface area contributed by atoms with Crippen molar-refractivity contribution in [3.63, 3.8) is 0 Å². The zero-order valence-electron chi connectivity index (χ0n) is 17.5. The summed E-state index contributed by atoms with van der Waals surface area (Å²) in [5.74, 6) is 0. The molecular weight excluding hydrogens is 441 g/mol. The summed E-state index contributed by atoms with van der Waals surface area (Å²) in [5, 5.41) is 1.35. The molecule has 0 spiro atoms. The Morgan fingerprint density at radius 1 is 0.593 bits per heavy atom. The molecule has 0 aliphatic carbocycles. The third-order valence-corrected chi connectivity index (χ3v) is 5.54. The molecule has 0 bridgehead atoms. The predicted molar refractivity (Wildman–Crippen MR) is 114 cm³/mol. The minimum atomic E-state index is 0. The van der Waals surface area contributed by atoms with E-state index in [9.17, 15) is 0 Å². The van der Waals surface area contributed by atoms with Gasteiger partial charge in [-0.3, -0.25) is 0 Å². The Morgan fingerprint density at radius 2 is 1.07 bits per heavy atom. The second-order valence-electron chi connectivity index (χ2n) is 7.86. The zero-order chi connectivity index (χ0) is 18.3. The van der Waals surface area contributed by atoms with Gasteiger partial charge in [0, 0.05) is 23.9 Å². The number of hydrogen-bond donors (Lipinski definition) is 0. The summed E-state index contributed by atoms with van der Waals surface area (Å²) < 4.78 is 2.41. The van der Waals surface area contributed by atoms with E-state index >= 15 is 0 Å². The van der Waals surface area contributed by atoms with Crippen molar-refractivity contribution in [3.8, 4) is 0 Å². The predicted octanol–water partition coefficient (Wildman–Crippen LogP) is 4.61. The highest BCUT2D eigenvalue weighted by atomic mass is 127. The average molecular weight is 482 g/mol. The fraction of sp³-hybridized carbons (Fsp3) is 0.640. The normalized spacial score (nSPS) is 10.9. The van der Waals surface area contributed by atoms with Gasteiger partial charge in [0.1, 0.15) is 6.54 Å². The van der Waals surface area contributed by atoms with Gasteiger partial charge in [0.15, 0.2) is 6.20 Å². The number of aromatic nitrogens is 1. The molecule has 2 rings (SSSR count). The van der Waals surface area contributed by atoms with Crippen molar-refractivity contribution in [3.05, 3.63) is 42.6 Å². The molecule has 0 unspecified atom stereocenters. The van der Waals surface area contributed by atoms with E-state index in [1.54, 1.807) is 0 Å². The number of pyridine rings is 1. The molecule has 1 nitrogen and oxygen atoms in total. The van der Waals surface area contributed by atoms with Crippen molar-refractivity contribution in [2.45, 2.75) is 103 Å². The van der Waals surface area contributed by atoms with E-state index in [1.807, 2.05) is 0 Å². The number of hydrogen-bond acceptors (Lipinski definition) is 0. The molecule has 0 fully saturated rings. The lowest BCUT2D eigenvalue weighted by atomic mass is 10.0. The number of nitrogens with zero attached hydrogens (tertiary/aromatic N) is 1. The van der Waals surface area contributed by atoms with Gasteiger partial charge in [0.2, 0.25) is 5.52 Å². The van der Waals surface area contributed by atoms with E-state index in [-0.39, 0.29) is 24.0 Å². The number of aryl methyl sites for hydroxylation is 1. The number of halogens is 1. The molecule has 0 N–H and O–H groups in total. The van der Waals surface area contributed by atoms with Crippen molar-refractivity contribution < 1.29 is 28.5 Å². The lowest BCUT2D eigenvalue weighted by Gasteiger charge is -2.03. The smallest absolute Gasteiger partial charge is 0.212 e. The summed E-state index contributed by atoms with van der Waals surface area (Å²) in [6.07, 6.45) is 22.2. The van der Waals surface area contributed by atoms with Gasteiger partial charge in [-0.25, -0.2) is 0 Å². The largest absolute Gasteiger partial charge is 1.00 e. The quantitative estimate of drug-likeness (QED) is 0.199. The molecule has 0 radical (unpaired) electrons. The van der Waals surface area contributed by atoms with Crippen LogP contribution in [0.3, 0.4) is 0 Å². The zero-order valence-corrected chi connectivity index (χ0v) is 19.6. The molecule has 1 aromatic heterocycles. The van der Waals surface area contributed by atoms with E-state index in [0.29, 0.717) is 0 Å². The Bertz CT molecular complexity index is 590. The first kappa shape index (κ1) is 24.4. The molecular formula is C25H40IN. The minimum absolute atomic E-state index is 0. The third kappa shape index (κ3) is 10.5. The van der Waals surface area contributed by atoms with Crippen LogP contribution in [0.4, 0.5) is 0 Å². The SMILES string of the molecule is CCCCCCCCCCCCCCCC[n+]1cccc2ccccc21.[I-]. The summed E-state index contributed by atoms with van der Waals surface area (Å²) in [5.41, 5.74) is 1.37. The molecule has 0 saturated heterocycles. The molecule has 0 atom stereocenters. The topological polar surface area (TPSA) is 3.88 Å². The Hall–Kier alpha value is -0.640. The second-order valence-corrected chi connectivity index (χ2v) is 7.86. The fourth-order valence-electron chi connectivity index (χ4n) is 3.89. The van der Waals surface area contributed by atoms with Crippen molar-refractivity contribution in [2.75, 3.05) is 0 Å². The molecule has 0 amide bonds. The van der Waals surface area contributed by atoms with Crippen molar-refractivity contribution in [1.29, 1.82) is 0 Å². The van der Waals surface area contributed by atoms with Gasteiger partial charge in [0.05, 0.1) is 0 Å². The molecule has 2 aromatic rings. The standard InChI is InChI=1S/C25H40N.HI/c1-2-3-4-5-6-7-8-9-10-11-12-13-14-17-22-26-23-18-20-24-19-15-16-21-25(24)26;/h15-16,18-21,23H,2-14,17,22H2,1H3;1H/q+1;/p-1. The maximum Gasteiger partial charge on any atom is 0.212 e. The minimum Gasteiger partial charge on any atom is -1.00 e. The summed E-state index contributed by atoms with van der Waals surface area (Å²) in [6.45, 7) is 3.45. The first-order valence-corrected chi connectivity index (χ1v) is 11.3. The number of unbranched alkanes of at least 4 members (excludes halogenated alkanes) is 13. The molecule has 152 valence electrons. The van der Waals surface area contributed by atoms with Gasteiger partial charge >= 0.3 is 0 Å². The van der Waals surface area contributed by atoms with Gasteiger partial charge < -0.3 is 24.0 Å². The Balaban J connectivity index is 0.00000364. The van der Waals surface area contributed by atoms with Crippen molar-refractivity contribution in [2.24, 2.45) is 0 Å². The molecule has 27 heavy (non-hydrogen) atoms. The highest BCUT2D eigenvalue weighted by Crippen LogP contribution is 2.13. The van der Waals surface area contributed by atoms with E-state index in [2.05, 4.69) is 54.1 Å². The average Bonchev–Trinajstić information content (AvgIpc) is 2.68. The highest BCUT2D eigenvalue weighted by Gasteiger charge is 2.06. The molecule has 1 aromatic carbocycles. The van der Waals surface area contributed by atoms with Gasteiger partial charge in [-0.2, -0.15) is 4.57 Å². The summed E-state index contributed by atoms with van der Waals surface area (Å²) in [7, 11) is 0. The first-order chi connectivity index (χ1) is 12.9. The molecule has 1 heterocycles. The Kier molecular flexibility index (Phi) is 14.8. The molecule has 0 aliphatic heterocycles. The third-order valence-electron chi connectivity index (χ3n) is 5.54. The van der Waals surface area contributed by atoms with E-state index in [1.165, 1.54) is 101 Å². The summed E-state index contributed by atoms with van der Waals surface area (Å²) in [4.78, 5) is 0. The van der Waals surface area contributed by atoms with Crippen LogP contribution in [0.25, 0.3) is 10.9 Å². The van der Waals surface area contributed by atoms with Crippen molar-refractivity contribution in [1.82, 2.24) is 0 Å². The highest BCUT2D eigenvalue weighted by molar-refractivity contribution is 5.74. The monoisotopic (exact) mass is 481 g/mol. The van der Waals surface area contributed by atoms with Crippen LogP contribution in [0.2, 0.25) is 0 Å². The van der Waals surface area contributed by atoms with Gasteiger partial charge in [-0.1, -0.05) is 96.1 Å². The fourth-order valence-corrected chi connectivity index (χ4v) is 3.89. The van der Waals surface area contributed by atoms with Gasteiger partial charge in [-0.15, -0.1) is 0 Å². The van der Waals surface area contributed by atoms with Crippen LogP contribution < -0.4 is 28.5 Å². The van der Waals surface area contributed by atoms with E-state index < -0.39 is 0 Å². The first-order valence-electron chi connectivity index (χ1n) is 11.3. The van der Waals surface area contributed by atoms with Gasteiger partial charge in [0.25, 0.3) is 0 Å². The molecule has 2 heteroatoms. The van der Waals surface area contributed by atoms with E-state index in [4.69, 9.17) is 0 Å². The van der Waals surface area contributed by atoms with Crippen LogP contribution in [0.5, 0.6) is 0 Å². The lowest BCUT2D eigenvalue weighted by Crippen LogP contribution is -3.00. The molecule has 0 aliphatic rings. The Morgan fingerprint density at radius 3 is 1.67 bits per heavy atom. The van der Waals surface area contributed by atoms with Crippen LogP contribution in [0.15, 0.2) is 42.6 Å². The number of fused-ring (bicyclic) bond motifs is 1. The van der Waals surface area contributed by atoms with Crippen molar-refractivity contribution >= 4 is 10.9 Å². The van der Waals surface area contributed by atoms with Crippen LogP contribution >= 0.6 is 0 Å². The van der Waals surface area contributed by atoms with Crippen LogP contribution in [-0.2, 0) is 6.54 Å². The summed E-state index contributed by atoms with van der Waals surface area (Å²) in [6, 6.07) is 13.1. The van der Waals surface area contributed by atoms with Crippen LogP contribution in [0.1, 0.15) is 96.8 Å². The van der Waals surface area contributed by atoms with Crippen LogP contribution in [0, 0.1) is 0 Å². The van der Waals surface area contributed by atoms with E-state index in [0.717, 1.165) is 6.54 Å². The lowest BCUT2D eigenvalue weighted by molar-refractivity contribution is -0.671. The van der Waals surface area contributed by atoms with Gasteiger partial charge in [-0.05, 0) is 18.6 Å². The van der Waals surface area contributed by atoms with Crippen LogP contribution in [-0.4, -0.2) is 0 Å². The number of para-hydroxylation sites is 1. The maximum atomic E-state index is 2.41. The number of benzene rings is 1. The summed E-state index contributed by atoms with van der Waals surface area (Å²) >= 11 is 0. The molecule has 0 saturated carbocycles. The number of rotatable bonds is 15.